The molecule has 0 aliphatic heterocycles. The van der Waals surface area contributed by atoms with Crippen molar-refractivity contribution in [2.45, 2.75) is 583 Å². The molecule has 0 saturated carbocycles. The first-order valence-electron chi connectivity index (χ1n) is 49.4. The molecule has 0 heterocycles. The van der Waals surface area contributed by atoms with Gasteiger partial charge in [0, 0.05) is 0 Å². The van der Waals surface area contributed by atoms with Gasteiger partial charge in [0.25, 0.3) is 0 Å². The Morgan fingerprint density at radius 3 is 0.248 bits per heavy atom. The Morgan fingerprint density at radius 1 is 0.114 bits per heavy atom. The van der Waals surface area contributed by atoms with Crippen molar-refractivity contribution in [1.82, 2.24) is 0 Å². The zero-order chi connectivity index (χ0) is 78.0. The van der Waals surface area contributed by atoms with Gasteiger partial charge in [-0.25, -0.2) is 0 Å². The normalized spacial score (nSPS) is 11.2. The van der Waals surface area contributed by atoms with Crippen LogP contribution in [0.1, 0.15) is 583 Å². The van der Waals surface area contributed by atoms with Crippen molar-refractivity contribution < 1.29 is 0 Å². The average molecular weight is 1470 g/mol. The molecule has 0 heteroatoms. The predicted molar refractivity (Wildman–Crippen MR) is 495 cm³/mol. The molecule has 0 bridgehead atoms. The standard InChI is InChI=1S/C23H46.C22H44.C21H42.C20H40.C19H38/c1-4-5-6-7-8-9-10-11-12-13-14-15-16-17-18-19-20-21-22-23(2)3;1-4-5-6-7-8-9-10-11-12-13-14-15-16-17-18-19-20-21-22(2)3;1-4-5-6-7-8-9-10-11-12-13-14-15-16-17-18-19-20-21(2)3;1-4-5-6-7-8-9-10-11-12-13-14-15-16-17-18-19-20(2)3;1-4-5-6-7-8-9-10-11-12-13-14-15-16-17-18-19(2)3/h4,23H,1,5-22H2,2-3H3;4,22H,1,5-21H2,2-3H3;4,21H,1,5-20H2,2-3H3;4,20H,1,5-19H2,2-3H3;4,19H,1,5-18H2,2-3H3. The van der Waals surface area contributed by atoms with Crippen molar-refractivity contribution in [2.24, 2.45) is 29.6 Å². The van der Waals surface area contributed by atoms with Gasteiger partial charge in [0.15, 0.2) is 0 Å². The van der Waals surface area contributed by atoms with Crippen LogP contribution < -0.4 is 0 Å². The molecule has 0 aromatic rings. The van der Waals surface area contributed by atoms with E-state index in [0.29, 0.717) is 0 Å². The van der Waals surface area contributed by atoms with Gasteiger partial charge >= 0.3 is 0 Å². The highest BCUT2D eigenvalue weighted by Gasteiger charge is 2.03. The number of allylic oxidation sites excluding steroid dienone is 5. The second-order valence-corrected chi connectivity index (χ2v) is 36.0. The molecule has 0 rings (SSSR count). The minimum absolute atomic E-state index is 0.895. The molecule has 0 aliphatic carbocycles. The highest BCUT2D eigenvalue weighted by Crippen LogP contribution is 2.22. The Balaban J connectivity index is -0.000000397. The van der Waals surface area contributed by atoms with Gasteiger partial charge in [0.05, 0.1) is 0 Å². The fourth-order valence-corrected chi connectivity index (χ4v) is 14.8. The summed E-state index contributed by atoms with van der Waals surface area (Å²) in [7, 11) is 0. The highest BCUT2D eigenvalue weighted by molar-refractivity contribution is 4.69. The number of rotatable bonds is 85. The SMILES string of the molecule is C=CCCCCCCCCCCCCCCC(C)C.C=CCCCCCCCCCCCCCCCC(C)C.C=CCCCCCCCCCCCCCCCCC(C)C.C=CCCCCCCCCCCCCCCCCCC(C)C.C=CCCCCCCCCCCCCCCCCCCC(C)C. The lowest BCUT2D eigenvalue weighted by molar-refractivity contribution is 0.501. The second-order valence-electron chi connectivity index (χ2n) is 36.0. The largest absolute Gasteiger partial charge is 0.103 e. The summed E-state index contributed by atoms with van der Waals surface area (Å²) in [6.45, 7) is 42.2. The van der Waals surface area contributed by atoms with Crippen LogP contribution in [0.5, 0.6) is 0 Å². The van der Waals surface area contributed by atoms with Crippen molar-refractivity contribution in [3.8, 4) is 0 Å². The molecule has 0 unspecified atom stereocenters. The quantitative estimate of drug-likeness (QED) is 0.0421. The monoisotopic (exact) mass is 1470 g/mol. The van der Waals surface area contributed by atoms with E-state index in [1.165, 1.54) is 514 Å². The van der Waals surface area contributed by atoms with E-state index in [1.807, 2.05) is 30.4 Å². The minimum atomic E-state index is 0.895. The van der Waals surface area contributed by atoms with Crippen LogP contribution in [-0.4, -0.2) is 0 Å². The van der Waals surface area contributed by atoms with Gasteiger partial charge in [-0.1, -0.05) is 549 Å². The van der Waals surface area contributed by atoms with E-state index in [4.69, 9.17) is 0 Å². The van der Waals surface area contributed by atoms with E-state index in [1.54, 1.807) is 0 Å². The molecule has 0 atom stereocenters. The summed E-state index contributed by atoms with van der Waals surface area (Å²) in [6, 6.07) is 0. The van der Waals surface area contributed by atoms with Crippen molar-refractivity contribution in [3.05, 3.63) is 63.3 Å². The third kappa shape index (κ3) is 132. The molecule has 0 fully saturated rings. The average Bonchev–Trinajstić information content (AvgIpc) is 3.69. The zero-order valence-electron chi connectivity index (χ0n) is 75.9. The third-order valence-corrected chi connectivity index (χ3v) is 22.2. The first-order chi connectivity index (χ1) is 51.4. The molecule has 0 nitrogen and oxygen atoms in total. The molecule has 0 N–H and O–H groups in total. The fraction of sp³-hybridized carbons (Fsp3) is 0.905. The number of unbranched alkanes of at least 4 members (excludes halogenated alkanes) is 70. The molecule has 105 heavy (non-hydrogen) atoms. The molecule has 0 saturated heterocycles. The summed E-state index contributed by atoms with van der Waals surface area (Å²) >= 11 is 0. The summed E-state index contributed by atoms with van der Waals surface area (Å²) in [5.74, 6) is 4.48. The van der Waals surface area contributed by atoms with Gasteiger partial charge in [-0.2, -0.15) is 0 Å². The lowest BCUT2D eigenvalue weighted by Gasteiger charge is -2.05. The number of hydrogen-bond donors (Lipinski definition) is 0. The van der Waals surface area contributed by atoms with Crippen LogP contribution in [0.25, 0.3) is 0 Å². The van der Waals surface area contributed by atoms with Crippen LogP contribution in [-0.2, 0) is 0 Å². The van der Waals surface area contributed by atoms with Crippen LogP contribution >= 0.6 is 0 Å². The van der Waals surface area contributed by atoms with Gasteiger partial charge in [-0.05, 0) is 93.8 Å². The van der Waals surface area contributed by atoms with Gasteiger partial charge in [-0.3, -0.25) is 0 Å². The van der Waals surface area contributed by atoms with Gasteiger partial charge in [-0.15, -0.1) is 32.9 Å². The van der Waals surface area contributed by atoms with E-state index in [9.17, 15) is 0 Å². The van der Waals surface area contributed by atoms with Gasteiger partial charge < -0.3 is 0 Å². The molecule has 0 spiro atoms. The molecular weight excluding hydrogens is 1260 g/mol. The maximum absolute atomic E-state index is 3.78. The van der Waals surface area contributed by atoms with Crippen molar-refractivity contribution in [2.75, 3.05) is 0 Å². The number of hydrogen-bond acceptors (Lipinski definition) is 0. The van der Waals surface area contributed by atoms with Crippen LogP contribution in [0.3, 0.4) is 0 Å². The predicted octanol–water partition coefficient (Wildman–Crippen LogP) is 40.3. The molecule has 630 valence electrons. The smallest absolute Gasteiger partial charge is 0.0353 e. The maximum atomic E-state index is 3.78. The Morgan fingerprint density at radius 2 is 0.181 bits per heavy atom. The Labute approximate surface area is 671 Å². The van der Waals surface area contributed by atoms with E-state index < -0.39 is 0 Å². The molecule has 0 aromatic heterocycles. The van der Waals surface area contributed by atoms with Crippen LogP contribution in [0, 0.1) is 29.6 Å². The molecule has 0 aliphatic rings. The lowest BCUT2D eigenvalue weighted by atomic mass is 10.0. The van der Waals surface area contributed by atoms with Crippen LogP contribution in [0.4, 0.5) is 0 Å². The Hall–Kier alpha value is -1.30. The third-order valence-electron chi connectivity index (χ3n) is 22.2. The van der Waals surface area contributed by atoms with Gasteiger partial charge in [0.1, 0.15) is 0 Å². The van der Waals surface area contributed by atoms with Gasteiger partial charge in [0.2, 0.25) is 0 Å². The van der Waals surface area contributed by atoms with E-state index in [2.05, 4.69) is 102 Å². The van der Waals surface area contributed by atoms with Crippen LogP contribution in [0.2, 0.25) is 0 Å². The molecule has 0 amide bonds. The molecule has 0 aromatic carbocycles. The Bertz CT molecular complexity index is 1470. The summed E-state index contributed by atoms with van der Waals surface area (Å²) in [5, 5.41) is 0. The van der Waals surface area contributed by atoms with Crippen molar-refractivity contribution >= 4 is 0 Å². The maximum Gasteiger partial charge on any atom is -0.0353 e. The first kappa shape index (κ1) is 112. The molecular formula is C105H210. The summed E-state index contributed by atoms with van der Waals surface area (Å²) in [6.07, 6.45) is 125. The second kappa shape index (κ2) is 109. The Kier molecular flexibility index (Phi) is 117. The lowest BCUT2D eigenvalue weighted by Crippen LogP contribution is -1.87. The first-order valence-corrected chi connectivity index (χ1v) is 49.4. The minimum Gasteiger partial charge on any atom is -0.103 e. The van der Waals surface area contributed by atoms with Crippen molar-refractivity contribution in [3.63, 3.8) is 0 Å². The van der Waals surface area contributed by atoms with E-state index >= 15 is 0 Å². The van der Waals surface area contributed by atoms with E-state index in [-0.39, 0.29) is 0 Å². The summed E-state index contributed by atoms with van der Waals surface area (Å²) in [5.41, 5.74) is 0. The molecule has 0 radical (unpaired) electrons. The summed E-state index contributed by atoms with van der Waals surface area (Å²) < 4.78 is 0. The summed E-state index contributed by atoms with van der Waals surface area (Å²) in [4.78, 5) is 0. The van der Waals surface area contributed by atoms with E-state index in [0.717, 1.165) is 29.6 Å². The zero-order valence-corrected chi connectivity index (χ0v) is 75.9. The van der Waals surface area contributed by atoms with Crippen molar-refractivity contribution in [1.29, 1.82) is 0 Å². The fourth-order valence-electron chi connectivity index (χ4n) is 14.8. The van der Waals surface area contributed by atoms with Crippen LogP contribution in [0.15, 0.2) is 63.3 Å². The topological polar surface area (TPSA) is 0 Å². The highest BCUT2D eigenvalue weighted by atomic mass is 14.1.